The minimum absolute atomic E-state index is 0.0116. The van der Waals surface area contributed by atoms with Gasteiger partial charge in [0.2, 0.25) is 0 Å². The summed E-state index contributed by atoms with van der Waals surface area (Å²) in [4.78, 5) is 8.25. The molecule has 2 aliphatic heterocycles. The van der Waals surface area contributed by atoms with Crippen molar-refractivity contribution >= 4 is 0 Å². The van der Waals surface area contributed by atoms with Crippen molar-refractivity contribution in [1.29, 1.82) is 0 Å². The number of piperidine rings is 1. The number of rotatable bonds is 1. The lowest BCUT2D eigenvalue weighted by atomic mass is 9.95. The van der Waals surface area contributed by atoms with Gasteiger partial charge in [-0.25, -0.2) is 0 Å². The highest BCUT2D eigenvalue weighted by atomic mass is 16.9. The minimum atomic E-state index is -1.75. The van der Waals surface area contributed by atoms with Crippen LogP contribution in [0.5, 0.6) is 0 Å². The molecule has 0 aromatic rings. The third-order valence-electron chi connectivity index (χ3n) is 4.61. The molecule has 100 valence electrons. The zero-order valence-corrected chi connectivity index (χ0v) is 10.7. The number of hydrogen-bond acceptors (Lipinski definition) is 4. The normalized spacial score (nSPS) is 39.7. The van der Waals surface area contributed by atoms with Crippen LogP contribution in [-0.4, -0.2) is 46.0 Å². The molecule has 2 fully saturated rings. The molecule has 2 bridgehead atoms. The number of nitrogens with zero attached hydrogens (tertiary/aromatic N) is 2. The van der Waals surface area contributed by atoms with Gasteiger partial charge in [-0.1, -0.05) is 0 Å². The maximum atomic E-state index is 9.69. The van der Waals surface area contributed by atoms with Crippen molar-refractivity contribution < 1.29 is 14.7 Å². The summed E-state index contributed by atoms with van der Waals surface area (Å²) in [5.74, 6) is 0. The molecule has 0 saturated carbocycles. The Morgan fingerprint density at radius 3 is 1.88 bits per heavy atom. The van der Waals surface area contributed by atoms with E-state index in [0.717, 1.165) is 24.9 Å². The first kappa shape index (κ1) is 14.2. The molecule has 0 amide bonds. The lowest BCUT2D eigenvalue weighted by Crippen LogP contribution is -2.62. The van der Waals surface area contributed by atoms with E-state index < -0.39 is 5.09 Å². The van der Waals surface area contributed by atoms with Crippen LogP contribution in [0.3, 0.4) is 0 Å². The predicted molar refractivity (Wildman–Crippen MR) is 63.7 cm³/mol. The number of hydrogen-bond donors (Lipinski definition) is 1. The molecular weight excluding hydrogens is 224 g/mol. The molecule has 0 aliphatic carbocycles. The van der Waals surface area contributed by atoms with Crippen molar-refractivity contribution in [3.8, 4) is 0 Å². The van der Waals surface area contributed by atoms with Crippen LogP contribution in [0.15, 0.2) is 0 Å². The van der Waals surface area contributed by atoms with E-state index in [1.54, 1.807) is 0 Å². The van der Waals surface area contributed by atoms with Crippen molar-refractivity contribution in [2.24, 2.45) is 0 Å². The van der Waals surface area contributed by atoms with E-state index in [9.17, 15) is 5.11 Å². The van der Waals surface area contributed by atoms with E-state index in [0.29, 0.717) is 6.04 Å². The first-order valence-electron chi connectivity index (χ1n) is 6.13. The van der Waals surface area contributed by atoms with Gasteiger partial charge in [-0.2, -0.15) is 0 Å². The summed E-state index contributed by atoms with van der Waals surface area (Å²) >= 11 is 0. The molecule has 17 heavy (non-hydrogen) atoms. The van der Waals surface area contributed by atoms with Crippen LogP contribution in [0.2, 0.25) is 0 Å². The second-order valence-corrected chi connectivity index (χ2v) is 5.55. The van der Waals surface area contributed by atoms with E-state index in [1.807, 2.05) is 0 Å². The smallest absolute Gasteiger partial charge is 0.0919 e. The molecule has 2 rings (SSSR count). The van der Waals surface area contributed by atoms with Crippen LogP contribution in [0.1, 0.15) is 39.5 Å². The molecule has 2 unspecified atom stereocenters. The maximum Gasteiger partial charge on any atom is 0.0919 e. The third-order valence-corrected chi connectivity index (χ3v) is 4.61. The third kappa shape index (κ3) is 2.87. The number of aliphatic hydroxyl groups is 1. The molecule has 2 heterocycles. The molecule has 0 aromatic carbocycles. The van der Waals surface area contributed by atoms with Crippen molar-refractivity contribution in [2.45, 2.75) is 63.8 Å². The summed E-state index contributed by atoms with van der Waals surface area (Å²) in [6, 6.07) is 2.17. The van der Waals surface area contributed by atoms with Crippen molar-refractivity contribution in [3.05, 3.63) is 15.3 Å². The van der Waals surface area contributed by atoms with Crippen LogP contribution in [0.25, 0.3) is 0 Å². The SMILES string of the molecule is CC(C)[N+]1(C)[C@@H]2CC[C@H]1CC(O)C2.O=[N+]([O-])[O-]. The molecule has 2 aliphatic rings. The number of aliphatic hydroxyl groups excluding tert-OH is 1. The molecule has 0 aromatic heterocycles. The fraction of sp³-hybridized carbons (Fsp3) is 1.00. The fourth-order valence-electron chi connectivity index (χ4n) is 3.50. The Labute approximate surface area is 102 Å². The molecule has 4 atom stereocenters. The summed E-state index contributed by atoms with van der Waals surface area (Å²) in [5, 5.41) is 24.4. The molecule has 6 heteroatoms. The van der Waals surface area contributed by atoms with Gasteiger partial charge in [0.25, 0.3) is 0 Å². The highest BCUT2D eigenvalue weighted by molar-refractivity contribution is 4.86. The van der Waals surface area contributed by atoms with E-state index in [-0.39, 0.29) is 6.10 Å². The highest BCUT2D eigenvalue weighted by Crippen LogP contribution is 2.42. The van der Waals surface area contributed by atoms with E-state index in [4.69, 9.17) is 15.3 Å². The average Bonchev–Trinajstić information content (AvgIpc) is 2.39. The van der Waals surface area contributed by atoms with E-state index in [1.165, 1.54) is 17.3 Å². The van der Waals surface area contributed by atoms with Crippen LogP contribution in [0.4, 0.5) is 0 Å². The monoisotopic (exact) mass is 246 g/mol. The summed E-state index contributed by atoms with van der Waals surface area (Å²) in [5.41, 5.74) is 0. The second-order valence-electron chi connectivity index (χ2n) is 5.55. The van der Waals surface area contributed by atoms with Crippen molar-refractivity contribution in [3.63, 3.8) is 0 Å². The van der Waals surface area contributed by atoms with Gasteiger partial charge >= 0.3 is 0 Å². The largest absolute Gasteiger partial charge is 0.393 e. The molecule has 0 spiro atoms. The van der Waals surface area contributed by atoms with Crippen molar-refractivity contribution in [2.75, 3.05) is 7.05 Å². The summed E-state index contributed by atoms with van der Waals surface area (Å²) < 4.78 is 1.22. The standard InChI is InChI=1S/C11H22NO.NO3/c1-8(2)12(3)9-4-5-10(12)7-11(13)6-9;2-1(3)4/h8-11,13H,4-7H2,1-3H3;/q+1;-1/t9-,10+,11?,12?;. The second kappa shape index (κ2) is 5.18. The fourth-order valence-corrected chi connectivity index (χ4v) is 3.50. The number of fused-ring (bicyclic) bond motifs is 2. The summed E-state index contributed by atoms with van der Waals surface area (Å²) in [7, 11) is 2.39. The van der Waals surface area contributed by atoms with Gasteiger partial charge in [0.15, 0.2) is 0 Å². The van der Waals surface area contributed by atoms with Gasteiger partial charge < -0.3 is 24.9 Å². The highest BCUT2D eigenvalue weighted by Gasteiger charge is 2.52. The Bertz CT molecular complexity index is 265. The first-order chi connectivity index (χ1) is 7.78. The van der Waals surface area contributed by atoms with E-state index >= 15 is 0 Å². The summed E-state index contributed by atoms with van der Waals surface area (Å²) in [6.45, 7) is 4.64. The quantitative estimate of drug-likeness (QED) is 0.429. The summed E-state index contributed by atoms with van der Waals surface area (Å²) in [6.07, 6.45) is 4.71. The number of quaternary nitrogens is 1. The average molecular weight is 246 g/mol. The van der Waals surface area contributed by atoms with Gasteiger partial charge in [-0.05, 0) is 13.8 Å². The molecule has 1 N–H and O–H groups in total. The Hall–Kier alpha value is -0.880. The lowest BCUT2D eigenvalue weighted by molar-refractivity contribution is -0.968. The Kier molecular flexibility index (Phi) is 4.32. The van der Waals surface area contributed by atoms with Crippen LogP contribution >= 0.6 is 0 Å². The van der Waals surface area contributed by atoms with Crippen LogP contribution < -0.4 is 0 Å². The Morgan fingerprint density at radius 2 is 1.59 bits per heavy atom. The minimum Gasteiger partial charge on any atom is -0.393 e. The van der Waals surface area contributed by atoms with Gasteiger partial charge in [0.1, 0.15) is 0 Å². The molecule has 2 saturated heterocycles. The first-order valence-corrected chi connectivity index (χ1v) is 6.13. The molecule has 6 nitrogen and oxygen atoms in total. The van der Waals surface area contributed by atoms with Crippen LogP contribution in [0, 0.1) is 15.3 Å². The lowest BCUT2D eigenvalue weighted by Gasteiger charge is -2.49. The molecular formula is C11H22N2O4. The van der Waals surface area contributed by atoms with E-state index in [2.05, 4.69) is 20.9 Å². The maximum absolute atomic E-state index is 9.69. The van der Waals surface area contributed by atoms with Gasteiger partial charge in [0, 0.05) is 25.7 Å². The molecule has 0 radical (unpaired) electrons. The van der Waals surface area contributed by atoms with Crippen LogP contribution in [-0.2, 0) is 0 Å². The predicted octanol–water partition coefficient (Wildman–Crippen LogP) is 1.29. The Balaban J connectivity index is 0.000000317. The van der Waals surface area contributed by atoms with Gasteiger partial charge in [0.05, 0.1) is 36.4 Å². The zero-order valence-electron chi connectivity index (χ0n) is 10.7. The topological polar surface area (TPSA) is 86.4 Å². The van der Waals surface area contributed by atoms with Gasteiger partial charge in [-0.15, -0.1) is 0 Å². The van der Waals surface area contributed by atoms with Crippen molar-refractivity contribution in [1.82, 2.24) is 0 Å². The zero-order chi connectivity index (χ0) is 13.2. The van der Waals surface area contributed by atoms with Gasteiger partial charge in [-0.3, -0.25) is 0 Å². The Morgan fingerprint density at radius 1 is 1.24 bits per heavy atom.